The Morgan fingerprint density at radius 3 is 3.06 bits per heavy atom. The van der Waals surface area contributed by atoms with Crippen molar-refractivity contribution in [2.45, 2.75) is 13.0 Å². The Labute approximate surface area is 103 Å². The molecule has 0 amide bonds. The van der Waals surface area contributed by atoms with Crippen molar-refractivity contribution in [3.63, 3.8) is 0 Å². The SMILES string of the molecule is CSCC(C)n1c(N)nc2cc(Cl)cnc21. The molecule has 16 heavy (non-hydrogen) atoms. The third-order valence-corrected chi connectivity index (χ3v) is 3.39. The second-order valence-electron chi connectivity index (χ2n) is 3.64. The molecule has 0 aliphatic heterocycles. The number of imidazole rings is 1. The average Bonchev–Trinajstić information content (AvgIpc) is 2.53. The van der Waals surface area contributed by atoms with Crippen LogP contribution in [-0.4, -0.2) is 26.5 Å². The highest BCUT2D eigenvalue weighted by molar-refractivity contribution is 7.98. The van der Waals surface area contributed by atoms with Crippen molar-refractivity contribution in [2.75, 3.05) is 17.7 Å². The molecule has 86 valence electrons. The van der Waals surface area contributed by atoms with Crippen molar-refractivity contribution >= 4 is 40.5 Å². The summed E-state index contributed by atoms with van der Waals surface area (Å²) in [6, 6.07) is 2.05. The number of nitrogens with two attached hydrogens (primary N) is 1. The van der Waals surface area contributed by atoms with Crippen LogP contribution in [0.15, 0.2) is 12.3 Å². The zero-order valence-electron chi connectivity index (χ0n) is 9.14. The van der Waals surface area contributed by atoms with Crippen LogP contribution >= 0.6 is 23.4 Å². The highest BCUT2D eigenvalue weighted by Crippen LogP contribution is 2.24. The molecule has 0 fully saturated rings. The standard InChI is InChI=1S/C10H13ClN4S/c1-6(5-16-2)15-9-8(14-10(15)12)3-7(11)4-13-9/h3-4,6H,5H2,1-2H3,(H2,12,14). The van der Waals surface area contributed by atoms with E-state index in [4.69, 9.17) is 17.3 Å². The highest BCUT2D eigenvalue weighted by Gasteiger charge is 2.14. The van der Waals surface area contributed by atoms with E-state index in [1.807, 2.05) is 4.57 Å². The van der Waals surface area contributed by atoms with Gasteiger partial charge >= 0.3 is 0 Å². The number of nitrogens with zero attached hydrogens (tertiary/aromatic N) is 3. The van der Waals surface area contributed by atoms with Crippen molar-refractivity contribution in [3.8, 4) is 0 Å². The minimum atomic E-state index is 0.272. The predicted octanol–water partition coefficient (Wildman–Crippen LogP) is 2.59. The molecule has 0 saturated carbocycles. The first-order valence-corrected chi connectivity index (χ1v) is 6.68. The van der Waals surface area contributed by atoms with E-state index < -0.39 is 0 Å². The lowest BCUT2D eigenvalue weighted by Crippen LogP contribution is -2.11. The molecule has 0 saturated heterocycles. The number of rotatable bonds is 3. The van der Waals surface area contributed by atoms with E-state index in [9.17, 15) is 0 Å². The fraction of sp³-hybridized carbons (Fsp3) is 0.400. The first kappa shape index (κ1) is 11.5. The molecule has 2 aromatic rings. The van der Waals surface area contributed by atoms with Gasteiger partial charge in [-0.05, 0) is 19.2 Å². The molecule has 2 N–H and O–H groups in total. The van der Waals surface area contributed by atoms with Gasteiger partial charge in [-0.3, -0.25) is 4.57 Å². The molecule has 0 radical (unpaired) electrons. The van der Waals surface area contributed by atoms with Crippen LogP contribution in [0.3, 0.4) is 0 Å². The number of fused-ring (bicyclic) bond motifs is 1. The van der Waals surface area contributed by atoms with Gasteiger partial charge in [0, 0.05) is 18.0 Å². The van der Waals surface area contributed by atoms with E-state index in [2.05, 4.69) is 23.1 Å². The molecule has 0 aliphatic carbocycles. The van der Waals surface area contributed by atoms with Gasteiger partial charge in [0.25, 0.3) is 0 Å². The predicted molar refractivity (Wildman–Crippen MR) is 70.0 cm³/mol. The Hall–Kier alpha value is -0.940. The van der Waals surface area contributed by atoms with Crippen molar-refractivity contribution < 1.29 is 0 Å². The van der Waals surface area contributed by atoms with Gasteiger partial charge in [-0.1, -0.05) is 11.6 Å². The van der Waals surface area contributed by atoms with Crippen LogP contribution in [-0.2, 0) is 0 Å². The third kappa shape index (κ3) is 1.97. The lowest BCUT2D eigenvalue weighted by atomic mass is 10.3. The third-order valence-electron chi connectivity index (χ3n) is 2.37. The maximum atomic E-state index is 5.89. The van der Waals surface area contributed by atoms with Crippen molar-refractivity contribution in [1.29, 1.82) is 0 Å². The number of halogens is 1. The van der Waals surface area contributed by atoms with Crippen LogP contribution in [0.25, 0.3) is 11.2 Å². The van der Waals surface area contributed by atoms with E-state index in [0.717, 1.165) is 16.9 Å². The number of anilines is 1. The van der Waals surface area contributed by atoms with Gasteiger partial charge in [-0.25, -0.2) is 9.97 Å². The first-order chi connectivity index (χ1) is 7.63. The van der Waals surface area contributed by atoms with Gasteiger partial charge in [-0.15, -0.1) is 0 Å². The largest absolute Gasteiger partial charge is 0.369 e. The van der Waals surface area contributed by atoms with E-state index in [1.165, 1.54) is 0 Å². The van der Waals surface area contributed by atoms with Crippen molar-refractivity contribution in [3.05, 3.63) is 17.3 Å². The number of pyridine rings is 1. The number of hydrogen-bond acceptors (Lipinski definition) is 4. The summed E-state index contributed by atoms with van der Waals surface area (Å²) in [5, 5.41) is 0.578. The number of hydrogen-bond donors (Lipinski definition) is 1. The molecule has 2 aromatic heterocycles. The fourth-order valence-electron chi connectivity index (χ4n) is 1.73. The molecule has 2 heterocycles. The minimum absolute atomic E-state index is 0.272. The lowest BCUT2D eigenvalue weighted by Gasteiger charge is -2.13. The molecular weight excluding hydrogens is 244 g/mol. The Morgan fingerprint density at radius 1 is 1.62 bits per heavy atom. The maximum Gasteiger partial charge on any atom is 0.202 e. The molecule has 6 heteroatoms. The smallest absolute Gasteiger partial charge is 0.202 e. The summed E-state index contributed by atoms with van der Waals surface area (Å²) in [5.74, 6) is 1.46. The number of aromatic nitrogens is 3. The fourth-order valence-corrected chi connectivity index (χ4v) is 2.51. The Balaban J connectivity index is 2.55. The minimum Gasteiger partial charge on any atom is -0.369 e. The summed E-state index contributed by atoms with van der Waals surface area (Å²) in [7, 11) is 0. The summed E-state index contributed by atoms with van der Waals surface area (Å²) in [6.45, 7) is 2.10. The van der Waals surface area contributed by atoms with Crippen LogP contribution in [0, 0.1) is 0 Å². The average molecular weight is 257 g/mol. The van der Waals surface area contributed by atoms with E-state index in [0.29, 0.717) is 11.0 Å². The molecule has 0 spiro atoms. The molecule has 1 unspecified atom stereocenters. The molecule has 0 aliphatic rings. The summed E-state index contributed by atoms with van der Waals surface area (Å²) in [6.07, 6.45) is 3.68. The van der Waals surface area contributed by atoms with Crippen LogP contribution in [0.1, 0.15) is 13.0 Å². The van der Waals surface area contributed by atoms with Gasteiger partial charge in [0.05, 0.1) is 5.02 Å². The summed E-state index contributed by atoms with van der Waals surface area (Å²) < 4.78 is 1.95. The van der Waals surface area contributed by atoms with Crippen LogP contribution in [0.2, 0.25) is 5.02 Å². The second kappa shape index (κ2) is 4.51. The lowest BCUT2D eigenvalue weighted by molar-refractivity contribution is 0.632. The first-order valence-electron chi connectivity index (χ1n) is 4.91. The number of thioether (sulfide) groups is 1. The highest BCUT2D eigenvalue weighted by atomic mass is 35.5. The topological polar surface area (TPSA) is 56.7 Å². The van der Waals surface area contributed by atoms with E-state index in [-0.39, 0.29) is 6.04 Å². The number of nitrogen functional groups attached to an aromatic ring is 1. The monoisotopic (exact) mass is 256 g/mol. The molecule has 2 rings (SSSR count). The van der Waals surface area contributed by atoms with Crippen molar-refractivity contribution in [2.24, 2.45) is 0 Å². The molecule has 0 bridgehead atoms. The zero-order valence-corrected chi connectivity index (χ0v) is 10.7. The van der Waals surface area contributed by atoms with E-state index in [1.54, 1.807) is 24.0 Å². The van der Waals surface area contributed by atoms with Gasteiger partial charge < -0.3 is 5.73 Å². The zero-order chi connectivity index (χ0) is 11.7. The second-order valence-corrected chi connectivity index (χ2v) is 4.99. The quantitative estimate of drug-likeness (QED) is 0.917. The van der Waals surface area contributed by atoms with Crippen LogP contribution in [0.5, 0.6) is 0 Å². The Kier molecular flexibility index (Phi) is 3.25. The van der Waals surface area contributed by atoms with Gasteiger partial charge in [0.15, 0.2) is 5.65 Å². The van der Waals surface area contributed by atoms with Crippen LogP contribution in [0.4, 0.5) is 5.95 Å². The summed E-state index contributed by atoms with van der Waals surface area (Å²) in [5.41, 5.74) is 7.44. The van der Waals surface area contributed by atoms with Gasteiger partial charge in [0.2, 0.25) is 5.95 Å². The molecular formula is C10H13ClN4S. The maximum absolute atomic E-state index is 5.89. The van der Waals surface area contributed by atoms with Crippen LogP contribution < -0.4 is 5.73 Å². The van der Waals surface area contributed by atoms with Gasteiger partial charge in [-0.2, -0.15) is 11.8 Å². The Morgan fingerprint density at radius 2 is 2.38 bits per heavy atom. The summed E-state index contributed by atoms with van der Waals surface area (Å²) in [4.78, 5) is 8.55. The van der Waals surface area contributed by atoms with Crippen molar-refractivity contribution in [1.82, 2.24) is 14.5 Å². The van der Waals surface area contributed by atoms with Gasteiger partial charge in [0.1, 0.15) is 5.52 Å². The Bertz CT molecular complexity index is 511. The normalized spacial score (nSPS) is 13.2. The van der Waals surface area contributed by atoms with E-state index >= 15 is 0 Å². The molecule has 0 aromatic carbocycles. The molecule has 1 atom stereocenters. The molecule has 4 nitrogen and oxygen atoms in total. The summed E-state index contributed by atoms with van der Waals surface area (Å²) >= 11 is 7.63.